The van der Waals surface area contributed by atoms with Crippen molar-refractivity contribution in [2.45, 2.75) is 12.8 Å². The molecule has 0 fully saturated rings. The summed E-state index contributed by atoms with van der Waals surface area (Å²) in [6.07, 6.45) is 5.15. The molecule has 0 aromatic rings. The Balaban J connectivity index is 2.16. The number of hydrogen-bond donors (Lipinski definition) is 0. The zero-order valence-corrected chi connectivity index (χ0v) is 9.30. The SMILES string of the molecule is [O-]N1OCCCOC/C=C\COCCCO1. The van der Waals surface area contributed by atoms with Crippen LogP contribution in [0.2, 0.25) is 0 Å². The Labute approximate surface area is 95.2 Å². The normalized spacial score (nSPS) is 25.6. The van der Waals surface area contributed by atoms with E-state index >= 15 is 0 Å². The van der Waals surface area contributed by atoms with Crippen LogP contribution in [-0.2, 0) is 19.1 Å². The van der Waals surface area contributed by atoms with Crippen LogP contribution >= 0.6 is 0 Å². The van der Waals surface area contributed by atoms with Gasteiger partial charge in [0.15, 0.2) is 0 Å². The molecule has 0 saturated carbocycles. The molecule has 0 aromatic carbocycles. The van der Waals surface area contributed by atoms with Gasteiger partial charge in [0.25, 0.3) is 0 Å². The van der Waals surface area contributed by atoms with Gasteiger partial charge in [-0.1, -0.05) is 12.2 Å². The van der Waals surface area contributed by atoms with Crippen molar-refractivity contribution in [3.63, 3.8) is 0 Å². The second kappa shape index (κ2) is 9.71. The van der Waals surface area contributed by atoms with E-state index in [0.29, 0.717) is 52.5 Å². The molecule has 1 heterocycles. The molecule has 0 atom stereocenters. The van der Waals surface area contributed by atoms with Crippen LogP contribution in [0.25, 0.3) is 0 Å². The molecule has 0 spiro atoms. The average Bonchev–Trinajstić information content (AvgIpc) is 2.29. The van der Waals surface area contributed by atoms with E-state index < -0.39 is 0 Å². The Bertz CT molecular complexity index is 170. The molecule has 94 valence electrons. The highest BCUT2D eigenvalue weighted by Gasteiger charge is 1.95. The summed E-state index contributed by atoms with van der Waals surface area (Å²) in [5.74, 6) is 0. The van der Waals surface area contributed by atoms with Gasteiger partial charge in [-0.15, -0.1) is 5.39 Å². The van der Waals surface area contributed by atoms with E-state index in [1.165, 1.54) is 0 Å². The van der Waals surface area contributed by atoms with E-state index in [9.17, 15) is 5.21 Å². The summed E-state index contributed by atoms with van der Waals surface area (Å²) in [7, 11) is 0. The highest BCUT2D eigenvalue weighted by Crippen LogP contribution is 1.95. The van der Waals surface area contributed by atoms with E-state index in [4.69, 9.17) is 19.1 Å². The maximum absolute atomic E-state index is 10.9. The molecule has 0 N–H and O–H groups in total. The largest absolute Gasteiger partial charge is 0.738 e. The third-order valence-corrected chi connectivity index (χ3v) is 1.85. The molecule has 0 amide bonds. The second-order valence-electron chi connectivity index (χ2n) is 3.22. The van der Waals surface area contributed by atoms with Gasteiger partial charge in [-0.2, -0.15) is 0 Å². The zero-order chi connectivity index (χ0) is 11.5. The van der Waals surface area contributed by atoms with E-state index in [2.05, 4.69) is 0 Å². The number of hydrogen-bond acceptors (Lipinski definition) is 6. The predicted octanol–water partition coefficient (Wildman–Crippen LogP) is 1.03. The van der Waals surface area contributed by atoms with Crippen molar-refractivity contribution in [1.82, 2.24) is 5.39 Å². The Kier molecular flexibility index (Phi) is 8.23. The zero-order valence-electron chi connectivity index (χ0n) is 9.30. The molecule has 0 saturated heterocycles. The number of ether oxygens (including phenoxy) is 2. The molecule has 6 heteroatoms. The van der Waals surface area contributed by atoms with Crippen LogP contribution in [0.4, 0.5) is 0 Å². The van der Waals surface area contributed by atoms with Gasteiger partial charge < -0.3 is 14.7 Å². The van der Waals surface area contributed by atoms with Crippen LogP contribution < -0.4 is 0 Å². The third kappa shape index (κ3) is 7.75. The first kappa shape index (κ1) is 13.6. The highest BCUT2D eigenvalue weighted by molar-refractivity contribution is 4.81. The fourth-order valence-corrected chi connectivity index (χ4v) is 1.08. The minimum Gasteiger partial charge on any atom is -0.738 e. The fraction of sp³-hybridized carbons (Fsp3) is 0.800. The van der Waals surface area contributed by atoms with E-state index in [-0.39, 0.29) is 5.39 Å². The summed E-state index contributed by atoms with van der Waals surface area (Å²) in [4.78, 5) is 9.47. The minimum atomic E-state index is 0.151. The Morgan fingerprint density at radius 3 is 1.81 bits per heavy atom. The average molecular weight is 232 g/mol. The van der Waals surface area contributed by atoms with Crippen molar-refractivity contribution in [1.29, 1.82) is 0 Å². The molecular formula is C10H18NO5-. The standard InChI is InChI=1S/C10H18NO5/c12-11-15-9-3-7-13-5-1-2-6-14-8-4-10-16-11/h1-2H,3-10H2/q-1/b2-1-. The van der Waals surface area contributed by atoms with E-state index in [1.54, 1.807) is 0 Å². The summed E-state index contributed by atoms with van der Waals surface area (Å²) in [5.41, 5.74) is 0. The van der Waals surface area contributed by atoms with Crippen molar-refractivity contribution < 1.29 is 19.1 Å². The van der Waals surface area contributed by atoms with Crippen molar-refractivity contribution in [3.8, 4) is 0 Å². The fourth-order valence-electron chi connectivity index (χ4n) is 1.08. The monoisotopic (exact) mass is 232 g/mol. The molecule has 16 heavy (non-hydrogen) atoms. The second-order valence-corrected chi connectivity index (χ2v) is 3.22. The van der Waals surface area contributed by atoms with E-state index in [1.807, 2.05) is 12.2 Å². The van der Waals surface area contributed by atoms with Gasteiger partial charge in [-0.3, -0.25) is 9.68 Å². The molecule has 0 aromatic heterocycles. The Morgan fingerprint density at radius 2 is 1.31 bits per heavy atom. The van der Waals surface area contributed by atoms with Crippen molar-refractivity contribution in [3.05, 3.63) is 17.4 Å². The van der Waals surface area contributed by atoms with Gasteiger partial charge in [-0.25, -0.2) is 0 Å². The van der Waals surface area contributed by atoms with Gasteiger partial charge in [0, 0.05) is 13.2 Å². The lowest BCUT2D eigenvalue weighted by atomic mass is 10.5. The van der Waals surface area contributed by atoms with Crippen LogP contribution in [0.1, 0.15) is 12.8 Å². The minimum absolute atomic E-state index is 0.151. The molecule has 1 rings (SSSR count). The van der Waals surface area contributed by atoms with Crippen LogP contribution in [0, 0.1) is 5.21 Å². The summed E-state index contributed by atoms with van der Waals surface area (Å²) in [5, 5.41) is 11.0. The molecular weight excluding hydrogens is 214 g/mol. The van der Waals surface area contributed by atoms with E-state index in [0.717, 1.165) is 0 Å². The van der Waals surface area contributed by atoms with Crippen molar-refractivity contribution >= 4 is 0 Å². The molecule has 0 aliphatic carbocycles. The quantitative estimate of drug-likeness (QED) is 0.581. The van der Waals surface area contributed by atoms with Gasteiger partial charge in [-0.05, 0) is 12.8 Å². The van der Waals surface area contributed by atoms with Crippen LogP contribution in [0.15, 0.2) is 12.2 Å². The molecule has 1 aliphatic heterocycles. The topological polar surface area (TPSA) is 63.2 Å². The molecule has 0 unspecified atom stereocenters. The Hall–Kier alpha value is -0.500. The highest BCUT2D eigenvalue weighted by atomic mass is 17.1. The Morgan fingerprint density at radius 1 is 0.812 bits per heavy atom. The molecule has 0 radical (unpaired) electrons. The summed E-state index contributed by atoms with van der Waals surface area (Å²) in [6, 6.07) is 0. The first-order chi connectivity index (χ1) is 7.89. The van der Waals surface area contributed by atoms with Crippen molar-refractivity contribution in [2.75, 3.05) is 39.6 Å². The number of nitrogens with zero attached hydrogens (tertiary/aromatic N) is 1. The lowest BCUT2D eigenvalue weighted by molar-refractivity contribution is -0.337. The van der Waals surface area contributed by atoms with Gasteiger partial charge in [0.05, 0.1) is 26.4 Å². The predicted molar refractivity (Wildman–Crippen MR) is 57.1 cm³/mol. The van der Waals surface area contributed by atoms with Crippen LogP contribution in [-0.4, -0.2) is 45.0 Å². The van der Waals surface area contributed by atoms with Gasteiger partial charge >= 0.3 is 0 Å². The lowest BCUT2D eigenvalue weighted by Crippen LogP contribution is -2.20. The third-order valence-electron chi connectivity index (χ3n) is 1.85. The summed E-state index contributed by atoms with van der Waals surface area (Å²) >= 11 is 0. The lowest BCUT2D eigenvalue weighted by Gasteiger charge is -2.25. The maximum atomic E-state index is 10.9. The van der Waals surface area contributed by atoms with Gasteiger partial charge in [0.1, 0.15) is 0 Å². The molecule has 1 aliphatic rings. The number of rotatable bonds is 0. The van der Waals surface area contributed by atoms with Crippen molar-refractivity contribution in [2.24, 2.45) is 0 Å². The molecule has 6 nitrogen and oxygen atoms in total. The molecule has 0 bridgehead atoms. The van der Waals surface area contributed by atoms with Gasteiger partial charge in [0.2, 0.25) is 0 Å². The summed E-state index contributed by atoms with van der Waals surface area (Å²) < 4.78 is 10.5. The maximum Gasteiger partial charge on any atom is 0.0722 e. The van der Waals surface area contributed by atoms with Crippen LogP contribution in [0.5, 0.6) is 0 Å². The first-order valence-electron chi connectivity index (χ1n) is 5.43. The summed E-state index contributed by atoms with van der Waals surface area (Å²) in [6.45, 7) is 2.81. The first-order valence-corrected chi connectivity index (χ1v) is 5.43. The smallest absolute Gasteiger partial charge is 0.0722 e. The van der Waals surface area contributed by atoms with Crippen LogP contribution in [0.3, 0.4) is 0 Å².